The number of hydrogen-bond acceptors (Lipinski definition) is 4. The van der Waals surface area contributed by atoms with Crippen LogP contribution >= 0.6 is 12.4 Å². The Morgan fingerprint density at radius 2 is 2.40 bits per heavy atom. The predicted octanol–water partition coefficient (Wildman–Crippen LogP) is -0.714. The zero-order valence-corrected chi connectivity index (χ0v) is 5.98. The third kappa shape index (κ3) is 1.85. The molecule has 1 heterocycles. The molecule has 0 aliphatic heterocycles. The number of nitrogens with two attached hydrogens (primary N) is 1. The van der Waals surface area contributed by atoms with Crippen LogP contribution in [0.2, 0.25) is 0 Å². The van der Waals surface area contributed by atoms with Crippen LogP contribution in [-0.2, 0) is 6.42 Å². The summed E-state index contributed by atoms with van der Waals surface area (Å²) < 4.78 is 4.25. The van der Waals surface area contributed by atoms with Gasteiger partial charge < -0.3 is 5.73 Å². The molecule has 0 unspecified atom stereocenters. The fraction of sp³-hybridized carbons (Fsp3) is 0.500. The van der Waals surface area contributed by atoms with E-state index in [1.807, 2.05) is 0 Å². The van der Waals surface area contributed by atoms with Gasteiger partial charge in [-0.25, -0.2) is 0 Å². The number of H-pyrrole nitrogens is 1. The monoisotopic (exact) mass is 165 g/mol. The molecule has 0 aromatic carbocycles. The van der Waals surface area contributed by atoms with Crippen LogP contribution in [0.5, 0.6) is 0 Å². The third-order valence-corrected chi connectivity index (χ3v) is 0.937. The second-order valence-electron chi connectivity index (χ2n) is 1.60. The lowest BCUT2D eigenvalue weighted by Crippen LogP contribution is -2.12. The van der Waals surface area contributed by atoms with Crippen molar-refractivity contribution in [2.24, 2.45) is 5.73 Å². The molecule has 6 heteroatoms. The average molecular weight is 166 g/mol. The van der Waals surface area contributed by atoms with Crippen LogP contribution in [0, 0.1) is 0 Å². The first kappa shape index (κ1) is 9.19. The molecule has 0 saturated heterocycles. The second-order valence-corrected chi connectivity index (χ2v) is 1.60. The molecule has 10 heavy (non-hydrogen) atoms. The Bertz CT molecular complexity index is 230. The fourth-order valence-electron chi connectivity index (χ4n) is 0.516. The molecular formula is C4H8ClN3O2. The van der Waals surface area contributed by atoms with Crippen molar-refractivity contribution < 1.29 is 4.63 Å². The predicted molar refractivity (Wildman–Crippen MR) is 37.1 cm³/mol. The van der Waals surface area contributed by atoms with E-state index in [9.17, 15) is 4.79 Å². The Labute approximate surface area is 63.0 Å². The van der Waals surface area contributed by atoms with Crippen molar-refractivity contribution >= 4 is 12.4 Å². The van der Waals surface area contributed by atoms with Crippen LogP contribution in [0.25, 0.3) is 0 Å². The van der Waals surface area contributed by atoms with Gasteiger partial charge in [-0.2, -0.15) is 5.16 Å². The minimum Gasteiger partial charge on any atom is -0.330 e. The lowest BCUT2D eigenvalue weighted by Gasteiger charge is -1.81. The summed E-state index contributed by atoms with van der Waals surface area (Å²) in [6.07, 6.45) is 0.464. The molecule has 1 aromatic heterocycles. The third-order valence-electron chi connectivity index (χ3n) is 0.937. The standard InChI is InChI=1S/C4H7N3O2.ClH/c5-2-1-3-4(8)7-9-6-3;/h1-2,5H2,(H,7,8);1H. The number of hydrogen-bond donors (Lipinski definition) is 2. The van der Waals surface area contributed by atoms with Gasteiger partial charge in [-0.3, -0.25) is 9.42 Å². The van der Waals surface area contributed by atoms with Gasteiger partial charge in [-0.05, 0) is 6.54 Å². The number of nitrogens with one attached hydrogen (secondary N) is 1. The van der Waals surface area contributed by atoms with Crippen LogP contribution in [0.1, 0.15) is 5.69 Å². The van der Waals surface area contributed by atoms with E-state index in [0.717, 1.165) is 0 Å². The summed E-state index contributed by atoms with van der Waals surface area (Å²) in [5.74, 6) is 0. The van der Waals surface area contributed by atoms with Crippen molar-refractivity contribution in [2.75, 3.05) is 6.54 Å². The van der Waals surface area contributed by atoms with Crippen molar-refractivity contribution in [1.29, 1.82) is 0 Å². The van der Waals surface area contributed by atoms with E-state index in [2.05, 4.69) is 14.9 Å². The number of nitrogens with zero attached hydrogens (tertiary/aromatic N) is 1. The van der Waals surface area contributed by atoms with Crippen LogP contribution < -0.4 is 11.3 Å². The molecular weight excluding hydrogens is 158 g/mol. The topological polar surface area (TPSA) is 84.9 Å². The summed E-state index contributed by atoms with van der Waals surface area (Å²) >= 11 is 0. The number of rotatable bonds is 2. The smallest absolute Gasteiger partial charge is 0.303 e. The Morgan fingerprint density at radius 3 is 2.80 bits per heavy atom. The van der Waals surface area contributed by atoms with Gasteiger partial charge in [0.05, 0.1) is 0 Å². The maximum absolute atomic E-state index is 10.5. The van der Waals surface area contributed by atoms with Gasteiger partial charge in [0.1, 0.15) is 0 Å². The zero-order chi connectivity index (χ0) is 6.69. The number of halogens is 1. The van der Waals surface area contributed by atoms with Gasteiger partial charge in [0, 0.05) is 6.42 Å². The number of aromatic amines is 1. The Balaban J connectivity index is 0.000000810. The molecule has 58 valence electrons. The Morgan fingerprint density at radius 1 is 1.70 bits per heavy atom. The molecule has 1 rings (SSSR count). The van der Waals surface area contributed by atoms with E-state index in [1.165, 1.54) is 0 Å². The van der Waals surface area contributed by atoms with Gasteiger partial charge in [-0.15, -0.1) is 12.4 Å². The van der Waals surface area contributed by atoms with Crippen molar-refractivity contribution in [3.05, 3.63) is 16.0 Å². The van der Waals surface area contributed by atoms with E-state index in [0.29, 0.717) is 18.7 Å². The molecule has 0 saturated carbocycles. The lowest BCUT2D eigenvalue weighted by atomic mass is 10.3. The van der Waals surface area contributed by atoms with E-state index in [4.69, 9.17) is 5.73 Å². The van der Waals surface area contributed by atoms with Crippen LogP contribution in [-0.4, -0.2) is 16.9 Å². The highest BCUT2D eigenvalue weighted by molar-refractivity contribution is 5.85. The van der Waals surface area contributed by atoms with Gasteiger partial charge >= 0.3 is 5.56 Å². The number of aromatic nitrogens is 2. The molecule has 0 aliphatic rings. The van der Waals surface area contributed by atoms with Gasteiger partial charge in [0.25, 0.3) is 0 Å². The summed E-state index contributed by atoms with van der Waals surface area (Å²) in [4.78, 5) is 10.5. The lowest BCUT2D eigenvalue weighted by molar-refractivity contribution is 0.300. The van der Waals surface area contributed by atoms with Crippen molar-refractivity contribution in [3.8, 4) is 0 Å². The Hall–Kier alpha value is -0.810. The molecule has 0 radical (unpaired) electrons. The molecule has 0 spiro atoms. The van der Waals surface area contributed by atoms with Crippen molar-refractivity contribution in [2.45, 2.75) is 6.42 Å². The van der Waals surface area contributed by atoms with Crippen LogP contribution in [0.4, 0.5) is 0 Å². The highest BCUT2D eigenvalue weighted by Gasteiger charge is 2.00. The fourth-order valence-corrected chi connectivity index (χ4v) is 0.516. The summed E-state index contributed by atoms with van der Waals surface area (Å²) in [5.41, 5.74) is 5.22. The van der Waals surface area contributed by atoms with Gasteiger partial charge in [0.15, 0.2) is 5.69 Å². The molecule has 1 aromatic rings. The molecule has 5 nitrogen and oxygen atoms in total. The summed E-state index contributed by atoms with van der Waals surface area (Å²) in [7, 11) is 0. The van der Waals surface area contributed by atoms with E-state index < -0.39 is 0 Å². The van der Waals surface area contributed by atoms with Crippen molar-refractivity contribution in [1.82, 2.24) is 10.3 Å². The molecule has 0 aliphatic carbocycles. The molecule has 3 N–H and O–H groups in total. The maximum Gasteiger partial charge on any atom is 0.303 e. The largest absolute Gasteiger partial charge is 0.330 e. The quantitative estimate of drug-likeness (QED) is 0.606. The maximum atomic E-state index is 10.5. The second kappa shape index (κ2) is 4.08. The Kier molecular flexibility index (Phi) is 3.75. The van der Waals surface area contributed by atoms with Crippen molar-refractivity contribution in [3.63, 3.8) is 0 Å². The first-order chi connectivity index (χ1) is 4.34. The SMILES string of the molecule is Cl.NCCc1no[nH]c1=O. The van der Waals surface area contributed by atoms with E-state index in [1.54, 1.807) is 0 Å². The highest BCUT2D eigenvalue weighted by Crippen LogP contribution is 1.80. The highest BCUT2D eigenvalue weighted by atomic mass is 35.5. The van der Waals surface area contributed by atoms with Gasteiger partial charge in [0.2, 0.25) is 0 Å². The van der Waals surface area contributed by atoms with Crippen LogP contribution in [0.15, 0.2) is 9.42 Å². The summed E-state index contributed by atoms with van der Waals surface area (Å²) in [5, 5.41) is 5.44. The first-order valence-corrected chi connectivity index (χ1v) is 2.58. The minimum atomic E-state index is -0.291. The van der Waals surface area contributed by atoms with E-state index >= 15 is 0 Å². The molecule has 0 amide bonds. The minimum absolute atomic E-state index is 0. The molecule has 0 fully saturated rings. The van der Waals surface area contributed by atoms with Gasteiger partial charge in [-0.1, -0.05) is 5.16 Å². The molecule has 0 bridgehead atoms. The molecule has 0 atom stereocenters. The average Bonchev–Trinajstić information content (AvgIpc) is 2.18. The zero-order valence-electron chi connectivity index (χ0n) is 5.16. The first-order valence-electron chi connectivity index (χ1n) is 2.58. The van der Waals surface area contributed by atoms with Crippen LogP contribution in [0.3, 0.4) is 0 Å². The summed E-state index contributed by atoms with van der Waals surface area (Å²) in [6.45, 7) is 0.412. The normalized spacial score (nSPS) is 8.90. The summed E-state index contributed by atoms with van der Waals surface area (Å²) in [6, 6.07) is 0. The van der Waals surface area contributed by atoms with E-state index in [-0.39, 0.29) is 18.0 Å².